The molecule has 0 saturated heterocycles. The highest BCUT2D eigenvalue weighted by atomic mass is 16.4. The van der Waals surface area contributed by atoms with Gasteiger partial charge in [-0.3, -0.25) is 24.1 Å². The maximum absolute atomic E-state index is 13.5. The molecule has 2 aliphatic rings. The molecule has 0 aromatic heterocycles. The lowest BCUT2D eigenvalue weighted by Crippen LogP contribution is -2.51. The number of phenols is 1. The molecule has 0 fully saturated rings. The van der Waals surface area contributed by atoms with Crippen molar-refractivity contribution in [2.45, 2.75) is 25.4 Å². The number of carbonyl (C=O) groups excluding carboxylic acids is 3. The molecule has 3 aromatic carbocycles. The number of aliphatic carboxylic acids is 1. The quantitative estimate of drug-likeness (QED) is 0.554. The van der Waals surface area contributed by atoms with Crippen LogP contribution in [0.15, 0.2) is 66.7 Å². The van der Waals surface area contributed by atoms with Crippen molar-refractivity contribution in [3.8, 4) is 5.75 Å². The summed E-state index contributed by atoms with van der Waals surface area (Å²) in [6.07, 6.45) is 0.474. The molecule has 3 amide bonds. The number of benzene rings is 3. The van der Waals surface area contributed by atoms with Crippen LogP contribution in [-0.2, 0) is 29.0 Å². The van der Waals surface area contributed by atoms with Crippen LogP contribution in [0.2, 0.25) is 0 Å². The fourth-order valence-electron chi connectivity index (χ4n) is 4.80. The highest BCUT2D eigenvalue weighted by molar-refractivity contribution is 6.23. The van der Waals surface area contributed by atoms with Crippen molar-refractivity contribution in [1.29, 1.82) is 0 Å². The number of fused-ring (bicyclic) bond motifs is 2. The summed E-state index contributed by atoms with van der Waals surface area (Å²) in [7, 11) is 0. The van der Waals surface area contributed by atoms with Gasteiger partial charge in [-0.25, -0.2) is 0 Å². The molecule has 2 aliphatic heterocycles. The third-order valence-corrected chi connectivity index (χ3v) is 6.47. The minimum atomic E-state index is -1.21. The number of carboxylic acid groups (broad SMARTS) is 1. The molecule has 0 aliphatic carbocycles. The van der Waals surface area contributed by atoms with Crippen LogP contribution in [0.3, 0.4) is 0 Å². The van der Waals surface area contributed by atoms with Crippen molar-refractivity contribution < 1.29 is 29.4 Å². The topological polar surface area (TPSA) is 115 Å². The van der Waals surface area contributed by atoms with Gasteiger partial charge in [0.05, 0.1) is 11.1 Å². The Morgan fingerprint density at radius 2 is 1.51 bits per heavy atom. The number of hydrogen-bond acceptors (Lipinski definition) is 5. The second-order valence-corrected chi connectivity index (χ2v) is 8.75. The van der Waals surface area contributed by atoms with E-state index in [1.807, 2.05) is 30.3 Å². The summed E-state index contributed by atoms with van der Waals surface area (Å²) < 4.78 is 0. The Hall–Kier alpha value is -4.46. The molecule has 0 spiro atoms. The Kier molecular flexibility index (Phi) is 5.56. The molecule has 176 valence electrons. The van der Waals surface area contributed by atoms with Crippen molar-refractivity contribution in [3.05, 3.63) is 100 Å². The van der Waals surface area contributed by atoms with Gasteiger partial charge in [0.2, 0.25) is 5.91 Å². The molecule has 0 radical (unpaired) electrons. The van der Waals surface area contributed by atoms with E-state index in [0.29, 0.717) is 23.1 Å². The monoisotopic (exact) mass is 470 g/mol. The molecule has 0 bridgehead atoms. The Balaban J connectivity index is 1.56. The molecule has 1 atom stereocenters. The molecule has 2 N–H and O–H groups in total. The molecule has 8 nitrogen and oxygen atoms in total. The summed E-state index contributed by atoms with van der Waals surface area (Å²) in [6.45, 7) is -0.649. The summed E-state index contributed by atoms with van der Waals surface area (Å²) in [5.74, 6) is -2.96. The van der Waals surface area contributed by atoms with E-state index in [9.17, 15) is 29.4 Å². The van der Waals surface area contributed by atoms with E-state index in [0.717, 1.165) is 15.4 Å². The molecule has 5 rings (SSSR count). The normalized spacial score (nSPS) is 17.3. The molecule has 2 heterocycles. The summed E-state index contributed by atoms with van der Waals surface area (Å²) in [4.78, 5) is 53.3. The number of carbonyl (C=O) groups is 4. The van der Waals surface area contributed by atoms with E-state index in [1.165, 1.54) is 12.1 Å². The van der Waals surface area contributed by atoms with E-state index in [-0.39, 0.29) is 29.8 Å². The van der Waals surface area contributed by atoms with E-state index in [4.69, 9.17) is 0 Å². The van der Waals surface area contributed by atoms with Crippen LogP contribution in [-0.4, -0.2) is 56.3 Å². The lowest BCUT2D eigenvalue weighted by molar-refractivity contribution is -0.146. The Morgan fingerprint density at radius 3 is 2.14 bits per heavy atom. The van der Waals surface area contributed by atoms with Gasteiger partial charge >= 0.3 is 5.97 Å². The smallest absolute Gasteiger partial charge is 0.323 e. The summed E-state index contributed by atoms with van der Waals surface area (Å²) in [5, 5.41) is 20.1. The minimum Gasteiger partial charge on any atom is -0.508 e. The molecule has 0 saturated carbocycles. The zero-order valence-corrected chi connectivity index (χ0v) is 18.7. The van der Waals surface area contributed by atoms with Crippen LogP contribution in [0.1, 0.15) is 43.0 Å². The molecule has 8 heteroatoms. The third-order valence-electron chi connectivity index (χ3n) is 6.47. The van der Waals surface area contributed by atoms with Crippen molar-refractivity contribution in [3.63, 3.8) is 0 Å². The maximum Gasteiger partial charge on any atom is 0.323 e. The number of hydrogen-bond donors (Lipinski definition) is 2. The molecular formula is C27H22N2O6. The second-order valence-electron chi connectivity index (χ2n) is 8.75. The summed E-state index contributed by atoms with van der Waals surface area (Å²) >= 11 is 0. The number of phenolic OH excluding ortho intramolecular Hbond substituents is 1. The average Bonchev–Trinajstić information content (AvgIpc) is 3.02. The highest BCUT2D eigenvalue weighted by Crippen LogP contribution is 2.33. The first-order valence-corrected chi connectivity index (χ1v) is 11.2. The van der Waals surface area contributed by atoms with E-state index >= 15 is 0 Å². The zero-order valence-electron chi connectivity index (χ0n) is 18.7. The Labute approximate surface area is 201 Å². The van der Waals surface area contributed by atoms with E-state index < -0.39 is 36.3 Å². The first-order chi connectivity index (χ1) is 16.8. The Bertz CT molecular complexity index is 1330. The average molecular weight is 470 g/mol. The highest BCUT2D eigenvalue weighted by Gasteiger charge is 2.45. The predicted molar refractivity (Wildman–Crippen MR) is 125 cm³/mol. The standard InChI is InChI=1S/C27H22N2O6/c30-23-13-19-14-28(15-24(31)32)27(35)22(29-25(33)20-8-4-5-9-21(20)26(29)34)12-17(19)11-18(23)10-16-6-2-1-3-7-16/h1-9,11,13,22,30H,10,12,14-15H2,(H,31,32)/t22-/m0/s1. The molecular weight excluding hydrogens is 448 g/mol. The number of carboxylic acids is 1. The van der Waals surface area contributed by atoms with Crippen LogP contribution >= 0.6 is 0 Å². The van der Waals surface area contributed by atoms with Crippen molar-refractivity contribution >= 4 is 23.7 Å². The maximum atomic E-state index is 13.5. The van der Waals surface area contributed by atoms with Gasteiger partial charge in [-0.1, -0.05) is 48.5 Å². The fraction of sp³-hybridized carbons (Fsp3) is 0.185. The largest absolute Gasteiger partial charge is 0.508 e. The summed E-state index contributed by atoms with van der Waals surface area (Å²) in [5.41, 5.74) is 3.31. The van der Waals surface area contributed by atoms with Gasteiger partial charge in [-0.2, -0.15) is 0 Å². The molecule has 35 heavy (non-hydrogen) atoms. The number of rotatable bonds is 5. The van der Waals surface area contributed by atoms with Gasteiger partial charge in [-0.15, -0.1) is 0 Å². The van der Waals surface area contributed by atoms with Crippen LogP contribution < -0.4 is 0 Å². The number of nitrogens with zero attached hydrogens (tertiary/aromatic N) is 2. The molecule has 0 unspecified atom stereocenters. The first-order valence-electron chi connectivity index (χ1n) is 11.2. The SMILES string of the molecule is O=C(O)CN1Cc2cc(O)c(Cc3ccccc3)cc2C[C@H](N2C(=O)c3ccccc3C2=O)C1=O. The number of aromatic hydroxyl groups is 1. The van der Waals surface area contributed by atoms with Crippen LogP contribution in [0, 0.1) is 0 Å². The predicted octanol–water partition coefficient (Wildman–Crippen LogP) is 2.62. The fourth-order valence-corrected chi connectivity index (χ4v) is 4.80. The Morgan fingerprint density at radius 1 is 0.886 bits per heavy atom. The van der Waals surface area contributed by atoms with Crippen molar-refractivity contribution in [2.24, 2.45) is 0 Å². The lowest BCUT2D eigenvalue weighted by atomic mass is 9.95. The minimum absolute atomic E-state index is 0.0256. The molecule has 3 aromatic rings. The second kappa shape index (κ2) is 8.72. The third kappa shape index (κ3) is 4.03. The van der Waals surface area contributed by atoms with Crippen LogP contribution in [0.5, 0.6) is 5.75 Å². The van der Waals surface area contributed by atoms with Crippen molar-refractivity contribution in [2.75, 3.05) is 6.54 Å². The summed E-state index contributed by atoms with van der Waals surface area (Å²) in [6, 6.07) is 18.1. The van der Waals surface area contributed by atoms with Gasteiger partial charge in [0.25, 0.3) is 11.8 Å². The van der Waals surface area contributed by atoms with E-state index in [2.05, 4.69) is 0 Å². The number of amides is 3. The zero-order chi connectivity index (χ0) is 24.7. The van der Waals surface area contributed by atoms with Crippen molar-refractivity contribution in [1.82, 2.24) is 9.80 Å². The van der Waals surface area contributed by atoms with Gasteiger partial charge in [0.15, 0.2) is 0 Å². The van der Waals surface area contributed by atoms with Gasteiger partial charge in [-0.05, 0) is 40.5 Å². The van der Waals surface area contributed by atoms with Gasteiger partial charge in [0.1, 0.15) is 18.3 Å². The lowest BCUT2D eigenvalue weighted by Gasteiger charge is -2.28. The van der Waals surface area contributed by atoms with Crippen LogP contribution in [0.4, 0.5) is 0 Å². The number of imide groups is 1. The van der Waals surface area contributed by atoms with Crippen LogP contribution in [0.25, 0.3) is 0 Å². The van der Waals surface area contributed by atoms with Gasteiger partial charge in [0, 0.05) is 19.4 Å². The first kappa shape index (κ1) is 22.3. The van der Waals surface area contributed by atoms with Gasteiger partial charge < -0.3 is 15.1 Å². The van der Waals surface area contributed by atoms with E-state index in [1.54, 1.807) is 24.3 Å².